The maximum Gasteiger partial charge on any atom is 0.142 e. The Bertz CT molecular complexity index is 1090. The van der Waals surface area contributed by atoms with Gasteiger partial charge in [-0.05, 0) is 47.0 Å². The molecule has 26 heavy (non-hydrogen) atoms. The second-order valence-corrected chi connectivity index (χ2v) is 6.86. The number of hydrogen-bond acceptors (Lipinski definition) is 2. The second-order valence-electron chi connectivity index (χ2n) is 6.08. The number of benzene rings is 1. The Hall–Kier alpha value is -2.43. The molecule has 0 aliphatic rings. The van der Waals surface area contributed by atoms with Gasteiger partial charge in [0.05, 0.1) is 5.02 Å². The number of aromatic nitrogens is 3. The van der Waals surface area contributed by atoms with E-state index >= 15 is 0 Å². The lowest BCUT2D eigenvalue weighted by molar-refractivity contribution is 0.625. The highest BCUT2D eigenvalue weighted by Crippen LogP contribution is 2.39. The van der Waals surface area contributed by atoms with Crippen molar-refractivity contribution in [2.24, 2.45) is 0 Å². The summed E-state index contributed by atoms with van der Waals surface area (Å²) in [5.74, 6) is -0.678. The van der Waals surface area contributed by atoms with E-state index in [2.05, 4.69) is 21.0 Å². The zero-order valence-corrected chi connectivity index (χ0v) is 15.3. The van der Waals surface area contributed by atoms with Gasteiger partial charge >= 0.3 is 0 Å². The van der Waals surface area contributed by atoms with E-state index in [1.54, 1.807) is 12.4 Å². The van der Waals surface area contributed by atoms with Crippen molar-refractivity contribution in [1.29, 1.82) is 0 Å². The summed E-state index contributed by atoms with van der Waals surface area (Å²) in [7, 11) is 0. The number of hydrogen-bond donors (Lipinski definition) is 1. The lowest BCUT2D eigenvalue weighted by atomic mass is 9.92. The highest BCUT2D eigenvalue weighted by atomic mass is 35.5. The molecule has 3 heterocycles. The summed E-state index contributed by atoms with van der Waals surface area (Å²) in [5.41, 5.74) is 4.29. The smallest absolute Gasteiger partial charge is 0.142 e. The number of pyridine rings is 2. The molecular weight excluding hydrogens is 372 g/mol. The Morgan fingerprint density at radius 1 is 1.08 bits per heavy atom. The van der Waals surface area contributed by atoms with Gasteiger partial charge in [-0.25, -0.2) is 9.37 Å². The fourth-order valence-electron chi connectivity index (χ4n) is 3.18. The first-order valence-electron chi connectivity index (χ1n) is 8.07. The Labute approximate surface area is 159 Å². The number of nitrogens with zero attached hydrogens (tertiary/aromatic N) is 2. The summed E-state index contributed by atoms with van der Waals surface area (Å²) in [5, 5.41) is 1.44. The monoisotopic (exact) mass is 385 g/mol. The molecule has 0 unspecified atom stereocenters. The molecule has 3 aromatic heterocycles. The van der Waals surface area contributed by atoms with Crippen LogP contribution in [-0.2, 0) is 0 Å². The quantitative estimate of drug-likeness (QED) is 0.425. The van der Waals surface area contributed by atoms with Gasteiger partial charge in [0.1, 0.15) is 11.5 Å². The van der Waals surface area contributed by atoms with Crippen molar-refractivity contribution in [2.45, 2.75) is 12.8 Å². The maximum absolute atomic E-state index is 13.9. The van der Waals surface area contributed by atoms with Crippen molar-refractivity contribution in [2.75, 3.05) is 0 Å². The van der Waals surface area contributed by atoms with Gasteiger partial charge in [0.15, 0.2) is 0 Å². The number of rotatable bonds is 3. The topological polar surface area (TPSA) is 41.6 Å². The van der Waals surface area contributed by atoms with Crippen LogP contribution in [0.1, 0.15) is 24.0 Å². The molecule has 0 fully saturated rings. The van der Waals surface area contributed by atoms with Crippen LogP contribution in [0.15, 0.2) is 55.1 Å². The van der Waals surface area contributed by atoms with Gasteiger partial charge < -0.3 is 4.98 Å². The molecule has 4 rings (SSSR count). The van der Waals surface area contributed by atoms with E-state index in [-0.39, 0.29) is 10.9 Å². The number of H-pyrrole nitrogens is 1. The van der Waals surface area contributed by atoms with E-state index in [0.29, 0.717) is 10.6 Å². The molecule has 0 saturated heterocycles. The number of aromatic amines is 1. The Morgan fingerprint density at radius 2 is 1.85 bits per heavy atom. The summed E-state index contributed by atoms with van der Waals surface area (Å²) in [6.07, 6.45) is 7.17. The molecule has 0 saturated carbocycles. The maximum atomic E-state index is 13.9. The standard InChI is InChI=1S/C20H14Cl2FN3/c1-11(18-16(21)2-3-17(23)19(18)22)15-10-26-20-14(15)8-13(9-25-20)12-4-6-24-7-5-12/h2-11H,1H3,(H,25,26)/t11-/m0/s1. The molecule has 1 atom stereocenters. The van der Waals surface area contributed by atoms with Gasteiger partial charge in [-0.2, -0.15) is 0 Å². The zero-order chi connectivity index (χ0) is 18.3. The van der Waals surface area contributed by atoms with Crippen molar-refractivity contribution in [3.63, 3.8) is 0 Å². The van der Waals surface area contributed by atoms with Crippen LogP contribution in [0.5, 0.6) is 0 Å². The fourth-order valence-corrected chi connectivity index (χ4v) is 3.88. The SMILES string of the molecule is C[C@H](c1c(Cl)ccc(F)c1Cl)c1c[nH]c2ncc(-c3ccncc3)cc12. The van der Waals surface area contributed by atoms with E-state index in [9.17, 15) is 4.39 Å². The Kier molecular flexibility index (Phi) is 4.39. The predicted molar refractivity (Wildman–Crippen MR) is 103 cm³/mol. The van der Waals surface area contributed by atoms with Crippen LogP contribution < -0.4 is 0 Å². The van der Waals surface area contributed by atoms with E-state index in [1.165, 1.54) is 12.1 Å². The van der Waals surface area contributed by atoms with Gasteiger partial charge in [0.2, 0.25) is 0 Å². The van der Waals surface area contributed by atoms with Crippen LogP contribution in [-0.4, -0.2) is 15.0 Å². The van der Waals surface area contributed by atoms with Crippen LogP contribution in [0.3, 0.4) is 0 Å². The third-order valence-electron chi connectivity index (χ3n) is 4.56. The van der Waals surface area contributed by atoms with Crippen molar-refractivity contribution in [3.05, 3.63) is 82.1 Å². The van der Waals surface area contributed by atoms with Crippen molar-refractivity contribution < 1.29 is 4.39 Å². The fraction of sp³-hybridized carbons (Fsp3) is 0.100. The third kappa shape index (κ3) is 2.85. The van der Waals surface area contributed by atoms with Gasteiger partial charge in [-0.3, -0.25) is 4.98 Å². The van der Waals surface area contributed by atoms with Gasteiger partial charge in [0, 0.05) is 46.7 Å². The first-order valence-corrected chi connectivity index (χ1v) is 8.82. The highest BCUT2D eigenvalue weighted by molar-refractivity contribution is 6.36. The van der Waals surface area contributed by atoms with Crippen molar-refractivity contribution in [1.82, 2.24) is 15.0 Å². The van der Waals surface area contributed by atoms with Crippen LogP contribution in [0.25, 0.3) is 22.2 Å². The van der Waals surface area contributed by atoms with Crippen LogP contribution in [0, 0.1) is 5.82 Å². The molecule has 1 N–H and O–H groups in total. The molecule has 6 heteroatoms. The van der Waals surface area contributed by atoms with Gasteiger partial charge in [-0.1, -0.05) is 30.1 Å². The van der Waals surface area contributed by atoms with E-state index in [4.69, 9.17) is 23.2 Å². The van der Waals surface area contributed by atoms with Crippen molar-refractivity contribution >= 4 is 34.2 Å². The molecular formula is C20H14Cl2FN3. The van der Waals surface area contributed by atoms with E-state index < -0.39 is 5.82 Å². The second kappa shape index (κ2) is 6.71. The van der Waals surface area contributed by atoms with Crippen LogP contribution in [0.4, 0.5) is 4.39 Å². The molecule has 0 radical (unpaired) electrons. The first-order chi connectivity index (χ1) is 12.6. The molecule has 0 spiro atoms. The molecule has 3 nitrogen and oxygen atoms in total. The highest BCUT2D eigenvalue weighted by Gasteiger charge is 2.21. The third-order valence-corrected chi connectivity index (χ3v) is 5.27. The molecule has 0 bridgehead atoms. The average molecular weight is 386 g/mol. The van der Waals surface area contributed by atoms with Crippen LogP contribution in [0.2, 0.25) is 10.0 Å². The Balaban J connectivity index is 1.86. The molecule has 1 aromatic carbocycles. The largest absolute Gasteiger partial charge is 0.346 e. The molecule has 0 amide bonds. The molecule has 0 aliphatic heterocycles. The summed E-state index contributed by atoms with van der Waals surface area (Å²) < 4.78 is 13.9. The minimum Gasteiger partial charge on any atom is -0.346 e. The number of halogens is 3. The van der Waals surface area contributed by atoms with Gasteiger partial charge in [-0.15, -0.1) is 0 Å². The van der Waals surface area contributed by atoms with E-state index in [1.807, 2.05) is 31.5 Å². The zero-order valence-electron chi connectivity index (χ0n) is 13.8. The summed E-state index contributed by atoms with van der Waals surface area (Å²) in [6.45, 7) is 1.95. The lowest BCUT2D eigenvalue weighted by Crippen LogP contribution is -1.99. The predicted octanol–water partition coefficient (Wildman–Crippen LogP) is 6.22. The minimum atomic E-state index is -0.478. The molecule has 0 aliphatic carbocycles. The molecule has 130 valence electrons. The normalized spacial score (nSPS) is 12.5. The number of fused-ring (bicyclic) bond motifs is 1. The summed E-state index contributed by atoms with van der Waals surface area (Å²) in [6, 6.07) is 8.72. The van der Waals surface area contributed by atoms with Gasteiger partial charge in [0.25, 0.3) is 0 Å². The molecule has 4 aromatic rings. The van der Waals surface area contributed by atoms with Crippen LogP contribution >= 0.6 is 23.2 Å². The van der Waals surface area contributed by atoms with E-state index in [0.717, 1.165) is 27.7 Å². The summed E-state index contributed by atoms with van der Waals surface area (Å²) in [4.78, 5) is 11.7. The van der Waals surface area contributed by atoms with Crippen molar-refractivity contribution in [3.8, 4) is 11.1 Å². The summed E-state index contributed by atoms with van der Waals surface area (Å²) >= 11 is 12.5. The lowest BCUT2D eigenvalue weighted by Gasteiger charge is -2.15. The minimum absolute atomic E-state index is 0.0533. The average Bonchev–Trinajstić information content (AvgIpc) is 3.09. The Morgan fingerprint density at radius 3 is 2.62 bits per heavy atom. The first kappa shape index (κ1) is 17.0. The number of nitrogens with one attached hydrogen (secondary N) is 1.